The minimum atomic E-state index is -0.531. The molecule has 3 aliphatic rings. The highest BCUT2D eigenvalue weighted by Crippen LogP contribution is 2.27. The maximum Gasteiger partial charge on any atom is 0.267 e. The Morgan fingerprint density at radius 2 is 2.07 bits per heavy atom. The molecule has 3 aliphatic heterocycles. The normalized spacial score (nSPS) is 24.3. The molecule has 9 heteroatoms. The Hall–Kier alpha value is -2.52. The van der Waals surface area contributed by atoms with Gasteiger partial charge in [-0.1, -0.05) is 30.3 Å². The SMILES string of the molecule is O=C(NN1C(=O)C2SC=CC2=NC1=S)C1CC(=O)N(Cc2ccccc2)C1. The molecule has 2 unspecified atom stereocenters. The fourth-order valence-corrected chi connectivity index (χ4v) is 4.31. The van der Waals surface area contributed by atoms with E-state index < -0.39 is 17.1 Å². The van der Waals surface area contributed by atoms with Crippen molar-refractivity contribution in [1.29, 1.82) is 0 Å². The molecular weight excluding hydrogens is 384 g/mol. The minimum absolute atomic E-state index is 0.0113. The fraction of sp³-hybridized carbons (Fsp3) is 0.278. The number of nitrogens with one attached hydrogen (secondary N) is 1. The highest BCUT2D eigenvalue weighted by atomic mass is 32.2. The Balaban J connectivity index is 1.40. The molecule has 7 nitrogen and oxygen atoms in total. The van der Waals surface area contributed by atoms with Crippen LogP contribution in [0.25, 0.3) is 0 Å². The maximum absolute atomic E-state index is 12.6. The summed E-state index contributed by atoms with van der Waals surface area (Å²) in [4.78, 5) is 43.3. The molecular formula is C18H16N4O3S2. The summed E-state index contributed by atoms with van der Waals surface area (Å²) in [6, 6.07) is 9.61. The number of hydrogen-bond acceptors (Lipinski definition) is 5. The van der Waals surface area contributed by atoms with Gasteiger partial charge in [0.15, 0.2) is 0 Å². The Morgan fingerprint density at radius 3 is 2.85 bits per heavy atom. The topological polar surface area (TPSA) is 82.1 Å². The van der Waals surface area contributed by atoms with E-state index in [1.807, 2.05) is 30.3 Å². The van der Waals surface area contributed by atoms with Crippen molar-refractivity contribution in [3.63, 3.8) is 0 Å². The first kappa shape index (κ1) is 17.9. The number of amides is 3. The van der Waals surface area contributed by atoms with Gasteiger partial charge >= 0.3 is 0 Å². The lowest BCUT2D eigenvalue weighted by atomic mass is 10.1. The number of thioether (sulfide) groups is 1. The largest absolute Gasteiger partial charge is 0.338 e. The molecule has 27 heavy (non-hydrogen) atoms. The number of allylic oxidation sites excluding steroid dienone is 1. The van der Waals surface area contributed by atoms with Crippen LogP contribution in [0.5, 0.6) is 0 Å². The molecule has 2 atom stereocenters. The van der Waals surface area contributed by atoms with E-state index in [4.69, 9.17) is 12.2 Å². The second-order valence-electron chi connectivity index (χ2n) is 6.45. The third-order valence-corrected chi connectivity index (χ3v) is 5.89. The third kappa shape index (κ3) is 3.52. The van der Waals surface area contributed by atoms with Crippen LogP contribution < -0.4 is 5.43 Å². The number of benzene rings is 1. The monoisotopic (exact) mass is 400 g/mol. The molecule has 3 heterocycles. The Bertz CT molecular complexity index is 884. The van der Waals surface area contributed by atoms with Gasteiger partial charge < -0.3 is 4.90 Å². The van der Waals surface area contributed by atoms with Gasteiger partial charge in [0.2, 0.25) is 16.9 Å². The molecule has 1 fully saturated rings. The van der Waals surface area contributed by atoms with Gasteiger partial charge in [-0.05, 0) is 29.3 Å². The molecule has 1 aromatic rings. The molecule has 3 amide bonds. The van der Waals surface area contributed by atoms with Crippen molar-refractivity contribution in [2.75, 3.05) is 6.54 Å². The van der Waals surface area contributed by atoms with E-state index in [9.17, 15) is 14.4 Å². The lowest BCUT2D eigenvalue weighted by Crippen LogP contribution is -2.56. The molecule has 0 spiro atoms. The van der Waals surface area contributed by atoms with E-state index in [1.165, 1.54) is 11.8 Å². The van der Waals surface area contributed by atoms with Crippen molar-refractivity contribution >= 4 is 52.5 Å². The first-order valence-electron chi connectivity index (χ1n) is 8.43. The van der Waals surface area contributed by atoms with Gasteiger partial charge in [0.25, 0.3) is 5.91 Å². The Kier molecular flexibility index (Phi) is 4.79. The van der Waals surface area contributed by atoms with E-state index in [0.29, 0.717) is 18.8 Å². The van der Waals surface area contributed by atoms with Gasteiger partial charge in [-0.15, -0.1) is 11.8 Å². The van der Waals surface area contributed by atoms with Gasteiger partial charge in [-0.2, -0.15) is 5.01 Å². The number of nitrogens with zero attached hydrogens (tertiary/aromatic N) is 3. The van der Waals surface area contributed by atoms with E-state index >= 15 is 0 Å². The highest BCUT2D eigenvalue weighted by Gasteiger charge is 2.40. The molecule has 4 rings (SSSR count). The third-order valence-electron chi connectivity index (χ3n) is 4.61. The summed E-state index contributed by atoms with van der Waals surface area (Å²) >= 11 is 6.46. The zero-order valence-corrected chi connectivity index (χ0v) is 15.8. The summed E-state index contributed by atoms with van der Waals surface area (Å²) in [5.74, 6) is -1.33. The zero-order chi connectivity index (χ0) is 19.0. The molecule has 0 aromatic heterocycles. The van der Waals surface area contributed by atoms with Crippen molar-refractivity contribution in [3.8, 4) is 0 Å². The van der Waals surface area contributed by atoms with Crippen LogP contribution in [0.4, 0.5) is 0 Å². The van der Waals surface area contributed by atoms with Crippen LogP contribution in [0.1, 0.15) is 12.0 Å². The van der Waals surface area contributed by atoms with E-state index in [0.717, 1.165) is 10.6 Å². The van der Waals surface area contributed by atoms with E-state index in [1.54, 1.807) is 16.4 Å². The summed E-state index contributed by atoms with van der Waals surface area (Å²) < 4.78 is 0. The number of aliphatic imine (C=N–C) groups is 1. The summed E-state index contributed by atoms with van der Waals surface area (Å²) in [7, 11) is 0. The minimum Gasteiger partial charge on any atom is -0.338 e. The molecule has 1 saturated heterocycles. The Labute approximate surface area is 165 Å². The molecule has 0 saturated carbocycles. The number of thiocarbonyl (C=S) groups is 1. The average Bonchev–Trinajstić information content (AvgIpc) is 3.26. The van der Waals surface area contributed by atoms with Crippen LogP contribution in [-0.2, 0) is 20.9 Å². The van der Waals surface area contributed by atoms with Crippen molar-refractivity contribution in [2.45, 2.75) is 18.2 Å². The van der Waals surface area contributed by atoms with Crippen molar-refractivity contribution in [3.05, 3.63) is 47.4 Å². The molecule has 0 bridgehead atoms. The number of carbonyl (C=O) groups excluding carboxylic acids is 3. The smallest absolute Gasteiger partial charge is 0.267 e. The average molecular weight is 400 g/mol. The molecule has 0 aliphatic carbocycles. The maximum atomic E-state index is 12.6. The van der Waals surface area contributed by atoms with E-state index in [2.05, 4.69) is 10.4 Å². The van der Waals surface area contributed by atoms with Crippen LogP contribution in [0.3, 0.4) is 0 Å². The van der Waals surface area contributed by atoms with E-state index in [-0.39, 0.29) is 23.3 Å². The fourth-order valence-electron chi connectivity index (χ4n) is 3.21. The van der Waals surface area contributed by atoms with Gasteiger partial charge in [0.1, 0.15) is 5.25 Å². The number of likely N-dealkylation sites (tertiary alicyclic amines) is 1. The molecule has 1 N–H and O–H groups in total. The molecule has 138 valence electrons. The summed E-state index contributed by atoms with van der Waals surface area (Å²) in [6.45, 7) is 0.769. The first-order chi connectivity index (χ1) is 13.0. The van der Waals surface area contributed by atoms with Crippen LogP contribution in [0, 0.1) is 5.92 Å². The first-order valence-corrected chi connectivity index (χ1v) is 9.79. The number of fused-ring (bicyclic) bond motifs is 1. The van der Waals surface area contributed by atoms with Gasteiger partial charge in [0.05, 0.1) is 11.6 Å². The zero-order valence-electron chi connectivity index (χ0n) is 14.2. The second-order valence-corrected chi connectivity index (χ2v) is 7.83. The van der Waals surface area contributed by atoms with Crippen LogP contribution in [0.2, 0.25) is 0 Å². The second kappa shape index (κ2) is 7.24. The predicted octanol–water partition coefficient (Wildman–Crippen LogP) is 1.26. The van der Waals surface area contributed by atoms with Gasteiger partial charge in [0, 0.05) is 19.5 Å². The number of carbonyl (C=O) groups is 3. The van der Waals surface area contributed by atoms with Crippen LogP contribution in [-0.4, -0.2) is 50.2 Å². The van der Waals surface area contributed by atoms with Crippen molar-refractivity contribution in [1.82, 2.24) is 15.3 Å². The van der Waals surface area contributed by atoms with Crippen LogP contribution >= 0.6 is 24.0 Å². The summed E-state index contributed by atoms with van der Waals surface area (Å²) in [5, 5.41) is 2.34. The summed E-state index contributed by atoms with van der Waals surface area (Å²) in [5.41, 5.74) is 4.16. The van der Waals surface area contributed by atoms with Gasteiger partial charge in [-0.3, -0.25) is 19.8 Å². The lowest BCUT2D eigenvalue weighted by molar-refractivity contribution is -0.137. The van der Waals surface area contributed by atoms with Crippen molar-refractivity contribution < 1.29 is 14.4 Å². The van der Waals surface area contributed by atoms with Crippen LogP contribution in [0.15, 0.2) is 46.8 Å². The quantitative estimate of drug-likeness (QED) is 0.770. The number of hydrazine groups is 1. The van der Waals surface area contributed by atoms with Gasteiger partial charge in [-0.25, -0.2) is 4.99 Å². The standard InChI is InChI=1S/C18H16N4O3S2/c23-14-8-12(10-21(14)9-11-4-2-1-3-5-11)16(24)20-22-17(25)15-13(6-7-27-15)19-18(22)26/h1-7,12,15H,8-10H2,(H,20,24). The number of hydrogen-bond donors (Lipinski definition) is 1. The Morgan fingerprint density at radius 1 is 1.30 bits per heavy atom. The highest BCUT2D eigenvalue weighted by molar-refractivity contribution is 8.04. The predicted molar refractivity (Wildman–Crippen MR) is 106 cm³/mol. The lowest BCUT2D eigenvalue weighted by Gasteiger charge is -2.28. The number of rotatable bonds is 4. The molecule has 1 aromatic carbocycles. The van der Waals surface area contributed by atoms with Crippen molar-refractivity contribution in [2.24, 2.45) is 10.9 Å². The summed E-state index contributed by atoms with van der Waals surface area (Å²) in [6.07, 6.45) is 1.86. The molecule has 0 radical (unpaired) electrons.